The smallest absolute Gasteiger partial charge is 0.384 e. The van der Waals surface area contributed by atoms with Crippen molar-refractivity contribution in [3.05, 3.63) is 90.0 Å². The Morgan fingerprint density at radius 1 is 0.953 bits per heavy atom. The van der Waals surface area contributed by atoms with Crippen molar-refractivity contribution in [1.82, 2.24) is 24.4 Å². The van der Waals surface area contributed by atoms with Crippen molar-refractivity contribution in [1.29, 1.82) is 0 Å². The van der Waals surface area contributed by atoms with E-state index in [1.165, 1.54) is 18.5 Å². The lowest BCUT2D eigenvalue weighted by molar-refractivity contribution is -0.137. The molecule has 1 amide bonds. The zero-order valence-corrected chi connectivity index (χ0v) is 23.6. The molecule has 220 valence electrons. The van der Waals surface area contributed by atoms with Crippen LogP contribution in [0.1, 0.15) is 21.5 Å². The number of aromatic nitrogens is 4. The fraction of sp³-hybridized carbons (Fsp3) is 0.226. The number of aryl methyl sites for hydroxylation is 1. The number of anilines is 3. The number of carbonyl (C=O) groups is 1. The number of nitrogens with two attached hydrogens (primary N) is 1. The molecule has 1 saturated heterocycles. The van der Waals surface area contributed by atoms with Crippen molar-refractivity contribution in [2.24, 2.45) is 0 Å². The Bertz CT molecular complexity index is 1830. The maximum Gasteiger partial charge on any atom is 0.418 e. The van der Waals surface area contributed by atoms with Gasteiger partial charge in [-0.3, -0.25) is 9.78 Å². The minimum atomic E-state index is -4.61. The summed E-state index contributed by atoms with van der Waals surface area (Å²) in [6.07, 6.45) is 0.403. The number of hydrogen-bond acceptors (Lipinski definition) is 7. The van der Waals surface area contributed by atoms with Gasteiger partial charge in [0.1, 0.15) is 18.0 Å². The van der Waals surface area contributed by atoms with Gasteiger partial charge in [-0.2, -0.15) is 13.2 Å². The number of nitrogens with one attached hydrogen (secondary N) is 1. The first kappa shape index (κ1) is 28.2. The molecule has 3 aromatic heterocycles. The number of nitrogens with zero attached hydrogens (tertiary/aromatic N) is 6. The van der Waals surface area contributed by atoms with Crippen molar-refractivity contribution < 1.29 is 18.0 Å². The van der Waals surface area contributed by atoms with E-state index in [0.717, 1.165) is 28.1 Å². The lowest BCUT2D eigenvalue weighted by Crippen LogP contribution is -2.45. The molecule has 0 spiro atoms. The minimum Gasteiger partial charge on any atom is -0.384 e. The molecule has 1 aliphatic rings. The Balaban J connectivity index is 1.29. The summed E-state index contributed by atoms with van der Waals surface area (Å²) in [6.45, 7) is 4.21. The molecular formula is C31H29F3N8O. The number of fused-ring (bicyclic) bond motifs is 1. The molecule has 1 aliphatic heterocycles. The van der Waals surface area contributed by atoms with Crippen LogP contribution in [0, 0.1) is 6.92 Å². The highest BCUT2D eigenvalue weighted by Gasteiger charge is 2.36. The van der Waals surface area contributed by atoms with Gasteiger partial charge >= 0.3 is 6.18 Å². The largest absolute Gasteiger partial charge is 0.418 e. The fourth-order valence-corrected chi connectivity index (χ4v) is 5.27. The second-order valence-corrected chi connectivity index (χ2v) is 10.6. The normalized spacial score (nSPS) is 14.3. The number of pyridine rings is 1. The van der Waals surface area contributed by atoms with E-state index in [0.29, 0.717) is 49.2 Å². The number of hydrogen-bond donors (Lipinski definition) is 2. The molecule has 0 atom stereocenters. The molecule has 9 nitrogen and oxygen atoms in total. The number of alkyl halides is 3. The summed E-state index contributed by atoms with van der Waals surface area (Å²) >= 11 is 0. The molecule has 5 aromatic rings. The topological polar surface area (TPSA) is 105 Å². The zero-order valence-electron chi connectivity index (χ0n) is 23.6. The van der Waals surface area contributed by atoms with Gasteiger partial charge in [0.25, 0.3) is 5.91 Å². The van der Waals surface area contributed by atoms with Gasteiger partial charge in [0.05, 0.1) is 16.8 Å². The van der Waals surface area contributed by atoms with Gasteiger partial charge in [-0.05, 0) is 62.0 Å². The van der Waals surface area contributed by atoms with E-state index in [1.54, 1.807) is 29.3 Å². The highest BCUT2D eigenvalue weighted by atomic mass is 19.4. The average molecular weight is 587 g/mol. The summed E-state index contributed by atoms with van der Waals surface area (Å²) in [5.74, 6) is 0.315. The summed E-state index contributed by atoms with van der Waals surface area (Å²) in [6, 6.07) is 14.6. The van der Waals surface area contributed by atoms with E-state index in [4.69, 9.17) is 5.73 Å². The molecule has 1 fully saturated rings. The van der Waals surface area contributed by atoms with Crippen LogP contribution in [0.15, 0.2) is 73.3 Å². The third-order valence-electron chi connectivity index (χ3n) is 7.67. The van der Waals surface area contributed by atoms with E-state index < -0.39 is 17.6 Å². The Morgan fingerprint density at radius 2 is 1.74 bits per heavy atom. The monoisotopic (exact) mass is 586 g/mol. The maximum absolute atomic E-state index is 14.1. The molecule has 0 bridgehead atoms. The summed E-state index contributed by atoms with van der Waals surface area (Å²) in [7, 11) is 1.94. The second kappa shape index (κ2) is 11.0. The number of benzene rings is 2. The quantitative estimate of drug-likeness (QED) is 0.284. The first-order valence-corrected chi connectivity index (χ1v) is 13.7. The molecule has 43 heavy (non-hydrogen) atoms. The van der Waals surface area contributed by atoms with Crippen LogP contribution in [-0.2, 0) is 6.18 Å². The first-order chi connectivity index (χ1) is 20.6. The van der Waals surface area contributed by atoms with Gasteiger partial charge in [-0.15, -0.1) is 0 Å². The van der Waals surface area contributed by atoms with E-state index in [-0.39, 0.29) is 11.3 Å². The van der Waals surface area contributed by atoms with Gasteiger partial charge in [0.2, 0.25) is 0 Å². The summed E-state index contributed by atoms with van der Waals surface area (Å²) in [4.78, 5) is 29.9. The van der Waals surface area contributed by atoms with Crippen molar-refractivity contribution in [2.45, 2.75) is 13.1 Å². The second-order valence-electron chi connectivity index (χ2n) is 10.6. The number of rotatable bonds is 5. The number of likely N-dealkylation sites (N-methyl/N-ethyl adjacent to an activating group) is 1. The number of piperazine rings is 1. The fourth-order valence-electron chi connectivity index (χ4n) is 5.27. The van der Waals surface area contributed by atoms with Gasteiger partial charge in [-0.25, -0.2) is 9.97 Å². The van der Waals surface area contributed by atoms with Crippen LogP contribution < -0.4 is 16.0 Å². The van der Waals surface area contributed by atoms with Gasteiger partial charge in [0.15, 0.2) is 0 Å². The molecule has 0 saturated carbocycles. The lowest BCUT2D eigenvalue weighted by Gasteiger charge is -2.35. The molecule has 0 unspecified atom stereocenters. The number of carbonyl (C=O) groups excluding carboxylic acids is 1. The number of amides is 1. The predicted molar refractivity (Wildman–Crippen MR) is 160 cm³/mol. The van der Waals surface area contributed by atoms with E-state index in [1.807, 2.05) is 42.9 Å². The third-order valence-corrected chi connectivity index (χ3v) is 7.67. The Hall–Kier alpha value is -4.97. The van der Waals surface area contributed by atoms with Gasteiger partial charge in [0, 0.05) is 72.5 Å². The van der Waals surface area contributed by atoms with E-state index >= 15 is 0 Å². The molecule has 2 aromatic carbocycles. The standard InChI is InChI=1S/C31H29F3N8O/c1-19-3-5-22(14-23(19)25-15-27-21(17-36-25)7-8-42(27)29-16-28(35)37-18-38-29)39-30(43)20-4-6-26(24(13-20)31(32,33)34)41-11-9-40(2)10-12-41/h3-8,13-18H,9-12H2,1-2H3,(H,39,43)(H2,35,37,38). The number of nitrogen functional groups attached to an aromatic ring is 1. The van der Waals surface area contributed by atoms with Crippen LogP contribution in [0.2, 0.25) is 0 Å². The molecular weight excluding hydrogens is 557 g/mol. The van der Waals surface area contributed by atoms with Crippen molar-refractivity contribution in [3.8, 4) is 17.1 Å². The molecule has 3 N–H and O–H groups in total. The molecule has 0 aliphatic carbocycles. The summed E-state index contributed by atoms with van der Waals surface area (Å²) < 4.78 is 44.1. The Labute approximate surface area is 245 Å². The van der Waals surface area contributed by atoms with Crippen molar-refractivity contribution in [3.63, 3.8) is 0 Å². The van der Waals surface area contributed by atoms with Crippen LogP contribution in [-0.4, -0.2) is 63.6 Å². The van der Waals surface area contributed by atoms with E-state index in [2.05, 4.69) is 25.2 Å². The van der Waals surface area contributed by atoms with Crippen LogP contribution in [0.4, 0.5) is 30.4 Å². The van der Waals surface area contributed by atoms with E-state index in [9.17, 15) is 18.0 Å². The minimum absolute atomic E-state index is 0.0752. The van der Waals surface area contributed by atoms with Crippen molar-refractivity contribution >= 4 is 34.0 Å². The Morgan fingerprint density at radius 3 is 2.49 bits per heavy atom. The van der Waals surface area contributed by atoms with Gasteiger partial charge in [-0.1, -0.05) is 6.07 Å². The number of halogens is 3. The first-order valence-electron chi connectivity index (χ1n) is 13.7. The molecule has 0 radical (unpaired) electrons. The SMILES string of the molecule is Cc1ccc(NC(=O)c2ccc(N3CCN(C)CC3)c(C(F)(F)F)c2)cc1-c1cc2c(ccn2-c2cc(N)ncn2)cn1. The van der Waals surface area contributed by atoms with Crippen LogP contribution in [0.25, 0.3) is 28.0 Å². The molecule has 6 rings (SSSR count). The average Bonchev–Trinajstić information content (AvgIpc) is 3.41. The molecule has 12 heteroatoms. The van der Waals surface area contributed by atoms with Crippen LogP contribution >= 0.6 is 0 Å². The summed E-state index contributed by atoms with van der Waals surface area (Å²) in [5.41, 5.74) is 8.64. The highest BCUT2D eigenvalue weighted by Crippen LogP contribution is 2.38. The maximum atomic E-state index is 14.1. The lowest BCUT2D eigenvalue weighted by atomic mass is 10.0. The summed E-state index contributed by atoms with van der Waals surface area (Å²) in [5, 5.41) is 3.66. The highest BCUT2D eigenvalue weighted by molar-refractivity contribution is 6.05. The van der Waals surface area contributed by atoms with Crippen molar-refractivity contribution in [2.75, 3.05) is 49.2 Å². The third kappa shape index (κ3) is 5.73. The van der Waals surface area contributed by atoms with Crippen LogP contribution in [0.3, 0.4) is 0 Å². The Kier molecular flexibility index (Phi) is 7.22. The van der Waals surface area contributed by atoms with Gasteiger partial charge < -0.3 is 25.4 Å². The zero-order chi connectivity index (χ0) is 30.3. The predicted octanol–water partition coefficient (Wildman–Crippen LogP) is 5.40. The molecule has 4 heterocycles. The van der Waals surface area contributed by atoms with Crippen LogP contribution in [0.5, 0.6) is 0 Å².